The highest BCUT2D eigenvalue weighted by Gasteiger charge is 2.16. The SMILES string of the molecule is O=C(Nc1ccc(Nc2nccc(NCC(O)c3ccccc3)n2)cc1)N1CCNCC1. The van der Waals surface area contributed by atoms with Crippen LogP contribution in [0.15, 0.2) is 66.9 Å². The summed E-state index contributed by atoms with van der Waals surface area (Å²) in [4.78, 5) is 22.8. The van der Waals surface area contributed by atoms with Crippen LogP contribution in [0.1, 0.15) is 11.7 Å². The van der Waals surface area contributed by atoms with Gasteiger partial charge in [0.05, 0.1) is 6.10 Å². The van der Waals surface area contributed by atoms with Crippen LogP contribution < -0.4 is 21.3 Å². The van der Waals surface area contributed by atoms with Crippen LogP contribution in [0.25, 0.3) is 0 Å². The Bertz CT molecular complexity index is 1010. The molecule has 3 aromatic rings. The third-order valence-corrected chi connectivity index (χ3v) is 5.11. The first kappa shape index (κ1) is 21.5. The smallest absolute Gasteiger partial charge is 0.321 e. The third-order valence-electron chi connectivity index (χ3n) is 5.11. The predicted octanol–water partition coefficient (Wildman–Crippen LogP) is 2.80. The summed E-state index contributed by atoms with van der Waals surface area (Å²) in [5.41, 5.74) is 2.37. The van der Waals surface area contributed by atoms with Crippen LogP contribution in [0, 0.1) is 0 Å². The average Bonchev–Trinajstić information content (AvgIpc) is 2.85. The van der Waals surface area contributed by atoms with Crippen LogP contribution in [0.2, 0.25) is 0 Å². The Hall–Kier alpha value is -3.69. The molecule has 4 rings (SSSR count). The van der Waals surface area contributed by atoms with Gasteiger partial charge >= 0.3 is 6.03 Å². The Morgan fingerprint density at radius 1 is 1.03 bits per heavy atom. The van der Waals surface area contributed by atoms with Crippen LogP contribution >= 0.6 is 0 Å². The van der Waals surface area contributed by atoms with Crippen LogP contribution in [0.3, 0.4) is 0 Å². The molecule has 1 unspecified atom stereocenters. The molecule has 1 aromatic heterocycles. The highest BCUT2D eigenvalue weighted by molar-refractivity contribution is 5.89. The summed E-state index contributed by atoms with van der Waals surface area (Å²) in [5.74, 6) is 1.04. The molecule has 5 N–H and O–H groups in total. The first-order valence-corrected chi connectivity index (χ1v) is 10.6. The molecule has 0 spiro atoms. The van der Waals surface area contributed by atoms with Crippen LogP contribution in [-0.2, 0) is 0 Å². The summed E-state index contributed by atoms with van der Waals surface area (Å²) < 4.78 is 0. The van der Waals surface area contributed by atoms with Crippen molar-refractivity contribution in [2.24, 2.45) is 0 Å². The van der Waals surface area contributed by atoms with E-state index in [1.807, 2.05) is 54.6 Å². The maximum Gasteiger partial charge on any atom is 0.321 e. The molecule has 1 fully saturated rings. The van der Waals surface area contributed by atoms with Crippen molar-refractivity contribution in [3.05, 3.63) is 72.4 Å². The molecule has 9 heteroatoms. The largest absolute Gasteiger partial charge is 0.387 e. The minimum Gasteiger partial charge on any atom is -0.387 e. The molecule has 1 saturated heterocycles. The average molecular weight is 434 g/mol. The number of nitrogens with zero attached hydrogens (tertiary/aromatic N) is 3. The van der Waals surface area contributed by atoms with Gasteiger partial charge in [-0.25, -0.2) is 9.78 Å². The number of urea groups is 1. The molecule has 1 atom stereocenters. The molecule has 2 amide bonds. The summed E-state index contributed by atoms with van der Waals surface area (Å²) in [5, 5.41) is 22.7. The van der Waals surface area contributed by atoms with E-state index in [-0.39, 0.29) is 6.03 Å². The lowest BCUT2D eigenvalue weighted by Crippen LogP contribution is -2.48. The van der Waals surface area contributed by atoms with E-state index in [2.05, 4.69) is 31.2 Å². The van der Waals surface area contributed by atoms with Gasteiger partial charge in [0.15, 0.2) is 0 Å². The molecule has 2 aromatic carbocycles. The number of aliphatic hydroxyl groups is 1. The first-order chi connectivity index (χ1) is 15.7. The maximum absolute atomic E-state index is 12.3. The Balaban J connectivity index is 1.30. The Morgan fingerprint density at radius 2 is 1.75 bits per heavy atom. The van der Waals surface area contributed by atoms with E-state index in [0.29, 0.717) is 31.4 Å². The van der Waals surface area contributed by atoms with E-state index in [1.54, 1.807) is 17.2 Å². The number of carbonyl (C=O) groups excluding carboxylic acids is 1. The molecule has 0 saturated carbocycles. The minimum atomic E-state index is -0.633. The van der Waals surface area contributed by atoms with Gasteiger partial charge in [-0.2, -0.15) is 4.98 Å². The third kappa shape index (κ3) is 5.93. The zero-order chi connectivity index (χ0) is 22.2. The molecule has 0 radical (unpaired) electrons. The van der Waals surface area contributed by atoms with E-state index in [4.69, 9.17) is 0 Å². The number of hydrogen-bond acceptors (Lipinski definition) is 7. The van der Waals surface area contributed by atoms with Crippen molar-refractivity contribution >= 4 is 29.2 Å². The van der Waals surface area contributed by atoms with Crippen molar-refractivity contribution < 1.29 is 9.90 Å². The monoisotopic (exact) mass is 433 g/mol. The number of aromatic nitrogens is 2. The zero-order valence-corrected chi connectivity index (χ0v) is 17.7. The number of aliphatic hydroxyl groups excluding tert-OH is 1. The van der Waals surface area contributed by atoms with Gasteiger partial charge in [-0.1, -0.05) is 30.3 Å². The van der Waals surface area contributed by atoms with Crippen LogP contribution in [0.4, 0.5) is 27.9 Å². The number of amides is 2. The topological polar surface area (TPSA) is 114 Å². The van der Waals surface area contributed by atoms with E-state index in [9.17, 15) is 9.90 Å². The second kappa shape index (κ2) is 10.6. The molecular weight excluding hydrogens is 406 g/mol. The van der Waals surface area contributed by atoms with E-state index in [0.717, 1.165) is 30.0 Å². The molecular formula is C23H27N7O2. The van der Waals surface area contributed by atoms with Gasteiger partial charge in [0.2, 0.25) is 5.95 Å². The fraction of sp³-hybridized carbons (Fsp3) is 0.261. The fourth-order valence-corrected chi connectivity index (χ4v) is 3.35. The van der Waals surface area contributed by atoms with Gasteiger partial charge < -0.3 is 31.3 Å². The van der Waals surface area contributed by atoms with Gasteiger partial charge in [-0.3, -0.25) is 0 Å². The van der Waals surface area contributed by atoms with Crippen LogP contribution in [0.5, 0.6) is 0 Å². The number of carbonyl (C=O) groups is 1. The minimum absolute atomic E-state index is 0.0907. The van der Waals surface area contributed by atoms with Crippen LogP contribution in [-0.4, -0.2) is 58.7 Å². The summed E-state index contributed by atoms with van der Waals surface area (Å²) in [6, 6.07) is 18.5. The van der Waals surface area contributed by atoms with Crippen molar-refractivity contribution in [1.82, 2.24) is 20.2 Å². The number of piperazine rings is 1. The van der Waals surface area contributed by atoms with Crippen molar-refractivity contribution in [1.29, 1.82) is 0 Å². The van der Waals surface area contributed by atoms with E-state index >= 15 is 0 Å². The Morgan fingerprint density at radius 3 is 2.50 bits per heavy atom. The van der Waals surface area contributed by atoms with Gasteiger partial charge in [-0.15, -0.1) is 0 Å². The standard InChI is InChI=1S/C23H27N7O2/c31-20(17-4-2-1-3-5-17)16-26-21-10-11-25-22(29-21)27-18-6-8-19(9-7-18)28-23(32)30-14-12-24-13-15-30/h1-11,20,24,31H,12-16H2,(H,28,32)(H2,25,26,27,29). The number of benzene rings is 2. The number of anilines is 4. The summed E-state index contributed by atoms with van der Waals surface area (Å²) >= 11 is 0. The Kier molecular flexibility index (Phi) is 7.11. The number of hydrogen-bond donors (Lipinski definition) is 5. The molecule has 1 aliphatic heterocycles. The molecule has 2 heterocycles. The highest BCUT2D eigenvalue weighted by atomic mass is 16.3. The van der Waals surface area contributed by atoms with Gasteiger partial charge in [0.1, 0.15) is 5.82 Å². The summed E-state index contributed by atoms with van der Waals surface area (Å²) in [7, 11) is 0. The molecule has 0 bridgehead atoms. The van der Waals surface area contributed by atoms with Crippen molar-refractivity contribution in [2.45, 2.75) is 6.10 Å². The van der Waals surface area contributed by atoms with Crippen molar-refractivity contribution in [3.8, 4) is 0 Å². The number of rotatable bonds is 7. The van der Waals surface area contributed by atoms with Gasteiger partial charge in [-0.05, 0) is 35.9 Å². The molecule has 32 heavy (non-hydrogen) atoms. The molecule has 166 valence electrons. The van der Waals surface area contributed by atoms with E-state index in [1.165, 1.54) is 0 Å². The second-order valence-corrected chi connectivity index (χ2v) is 7.44. The zero-order valence-electron chi connectivity index (χ0n) is 17.7. The number of nitrogens with one attached hydrogen (secondary N) is 4. The lowest BCUT2D eigenvalue weighted by Gasteiger charge is -2.27. The van der Waals surface area contributed by atoms with Gasteiger partial charge in [0, 0.05) is 50.3 Å². The predicted molar refractivity (Wildman–Crippen MR) is 125 cm³/mol. The summed E-state index contributed by atoms with van der Waals surface area (Å²) in [6.07, 6.45) is 1.01. The lowest BCUT2D eigenvalue weighted by molar-refractivity contribution is 0.191. The van der Waals surface area contributed by atoms with Crippen molar-refractivity contribution in [2.75, 3.05) is 48.7 Å². The van der Waals surface area contributed by atoms with Gasteiger partial charge in [0.25, 0.3) is 0 Å². The maximum atomic E-state index is 12.3. The quantitative estimate of drug-likeness (QED) is 0.389. The Labute approximate surface area is 186 Å². The molecule has 1 aliphatic rings. The van der Waals surface area contributed by atoms with E-state index < -0.39 is 6.10 Å². The fourth-order valence-electron chi connectivity index (χ4n) is 3.35. The highest BCUT2D eigenvalue weighted by Crippen LogP contribution is 2.19. The second-order valence-electron chi connectivity index (χ2n) is 7.44. The first-order valence-electron chi connectivity index (χ1n) is 10.6. The molecule has 9 nitrogen and oxygen atoms in total. The van der Waals surface area contributed by atoms with Crippen molar-refractivity contribution in [3.63, 3.8) is 0 Å². The normalized spacial score (nSPS) is 14.5. The molecule has 0 aliphatic carbocycles. The lowest BCUT2D eigenvalue weighted by atomic mass is 10.1. The summed E-state index contributed by atoms with van der Waals surface area (Å²) in [6.45, 7) is 3.37.